The number of esters is 1. The summed E-state index contributed by atoms with van der Waals surface area (Å²) in [6, 6.07) is 12.1. The van der Waals surface area contributed by atoms with Crippen LogP contribution in [0, 0.1) is 0 Å². The number of sulfonamides is 1. The first-order valence-electron chi connectivity index (χ1n) is 8.06. The third-order valence-electron chi connectivity index (χ3n) is 3.44. The van der Waals surface area contributed by atoms with Crippen LogP contribution in [0.4, 0.5) is 5.69 Å². The van der Waals surface area contributed by atoms with E-state index in [2.05, 4.69) is 14.8 Å². The minimum atomic E-state index is -3.64. The van der Waals surface area contributed by atoms with Gasteiger partial charge in [0.25, 0.3) is 5.91 Å². The van der Waals surface area contributed by atoms with E-state index in [0.717, 1.165) is 0 Å². The first-order chi connectivity index (χ1) is 12.9. The van der Waals surface area contributed by atoms with Crippen LogP contribution in [0.3, 0.4) is 0 Å². The number of benzene rings is 2. The van der Waals surface area contributed by atoms with E-state index < -0.39 is 21.9 Å². The molecule has 0 aliphatic heterocycles. The number of anilines is 1. The number of nitrogens with one attached hydrogen (secondary N) is 2. The molecule has 2 N–H and O–H groups in total. The molecule has 0 aliphatic rings. The van der Waals surface area contributed by atoms with E-state index in [-0.39, 0.29) is 23.6 Å². The first kappa shape index (κ1) is 20.4. The Morgan fingerprint density at radius 3 is 2.41 bits per heavy atom. The Labute approximate surface area is 157 Å². The first-order valence-corrected chi connectivity index (χ1v) is 9.55. The predicted octanol–water partition coefficient (Wildman–Crippen LogP) is 1.79. The number of hydrogen-bond donors (Lipinski definition) is 2. The maximum atomic E-state index is 12.4. The summed E-state index contributed by atoms with van der Waals surface area (Å²) in [4.78, 5) is 23.4. The molecule has 0 heterocycles. The minimum Gasteiger partial charge on any atom is -0.482 e. The number of hydrogen-bond acceptors (Lipinski definition) is 6. The number of rotatable bonds is 8. The van der Waals surface area contributed by atoms with Crippen LogP contribution in [-0.2, 0) is 19.6 Å². The number of methoxy groups -OCH3 is 1. The minimum absolute atomic E-state index is 0.0172. The highest BCUT2D eigenvalue weighted by atomic mass is 32.2. The van der Waals surface area contributed by atoms with E-state index in [0.29, 0.717) is 11.4 Å². The topological polar surface area (TPSA) is 111 Å². The number of amides is 1. The lowest BCUT2D eigenvalue weighted by Crippen LogP contribution is -2.23. The fourth-order valence-electron chi connectivity index (χ4n) is 2.12. The zero-order valence-electron chi connectivity index (χ0n) is 14.9. The van der Waals surface area contributed by atoms with Crippen molar-refractivity contribution < 1.29 is 27.5 Å². The third-order valence-corrected chi connectivity index (χ3v) is 4.98. The van der Waals surface area contributed by atoms with Crippen LogP contribution in [0.5, 0.6) is 5.75 Å². The van der Waals surface area contributed by atoms with Gasteiger partial charge in [0.15, 0.2) is 6.61 Å². The van der Waals surface area contributed by atoms with E-state index in [4.69, 9.17) is 4.74 Å². The summed E-state index contributed by atoms with van der Waals surface area (Å²) in [5, 5.41) is 2.67. The molecular formula is C18H20N2O6S. The second kappa shape index (κ2) is 9.15. The van der Waals surface area contributed by atoms with Crippen LogP contribution in [0.15, 0.2) is 53.4 Å². The molecule has 0 spiro atoms. The summed E-state index contributed by atoms with van der Waals surface area (Å²) >= 11 is 0. The zero-order valence-corrected chi connectivity index (χ0v) is 15.7. The highest BCUT2D eigenvalue weighted by molar-refractivity contribution is 7.89. The van der Waals surface area contributed by atoms with Crippen molar-refractivity contribution in [3.8, 4) is 5.75 Å². The van der Waals surface area contributed by atoms with Gasteiger partial charge in [0, 0.05) is 17.8 Å². The number of carbonyl (C=O) groups is 2. The van der Waals surface area contributed by atoms with Crippen molar-refractivity contribution in [2.75, 3.05) is 25.6 Å². The van der Waals surface area contributed by atoms with Crippen molar-refractivity contribution in [3.05, 3.63) is 54.1 Å². The van der Waals surface area contributed by atoms with Gasteiger partial charge < -0.3 is 14.8 Å². The predicted molar refractivity (Wildman–Crippen MR) is 99.2 cm³/mol. The van der Waals surface area contributed by atoms with Gasteiger partial charge in [0.1, 0.15) is 5.75 Å². The number of carbonyl (C=O) groups excluding carboxylic acids is 2. The molecule has 9 heteroatoms. The standard InChI is InChI=1S/C18H20N2O6S/c1-3-19-27(23,24)16-6-4-5-13(11-16)18(22)20-14-7-9-15(10-8-14)26-12-17(21)25-2/h4-11,19H,3,12H2,1-2H3,(H,20,22). The molecule has 2 rings (SSSR count). The van der Waals surface area contributed by atoms with Crippen molar-refractivity contribution in [2.45, 2.75) is 11.8 Å². The Morgan fingerprint density at radius 1 is 1.07 bits per heavy atom. The zero-order chi connectivity index (χ0) is 19.9. The van der Waals surface area contributed by atoms with Crippen LogP contribution < -0.4 is 14.8 Å². The fraction of sp³-hybridized carbons (Fsp3) is 0.222. The van der Waals surface area contributed by atoms with E-state index in [1.54, 1.807) is 31.2 Å². The molecule has 1 amide bonds. The molecule has 2 aromatic carbocycles. The Kier molecular flexibility index (Phi) is 6.91. The highest BCUT2D eigenvalue weighted by Crippen LogP contribution is 2.17. The second-order valence-electron chi connectivity index (χ2n) is 5.37. The molecule has 144 valence electrons. The Hall–Kier alpha value is -2.91. The molecule has 0 unspecified atom stereocenters. The Morgan fingerprint density at radius 2 is 1.78 bits per heavy atom. The average Bonchev–Trinajstić information content (AvgIpc) is 2.67. The summed E-state index contributed by atoms with van der Waals surface area (Å²) in [7, 11) is -2.38. The maximum Gasteiger partial charge on any atom is 0.343 e. The molecule has 0 saturated heterocycles. The van der Waals surface area contributed by atoms with Crippen LogP contribution >= 0.6 is 0 Å². The monoisotopic (exact) mass is 392 g/mol. The van der Waals surface area contributed by atoms with E-state index in [9.17, 15) is 18.0 Å². The van der Waals surface area contributed by atoms with Crippen LogP contribution in [-0.4, -0.2) is 40.6 Å². The molecule has 0 fully saturated rings. The summed E-state index contributed by atoms with van der Waals surface area (Å²) in [6.07, 6.45) is 0. The van der Waals surface area contributed by atoms with Crippen molar-refractivity contribution >= 4 is 27.6 Å². The van der Waals surface area contributed by atoms with Crippen molar-refractivity contribution in [2.24, 2.45) is 0 Å². The third kappa shape index (κ3) is 5.80. The van der Waals surface area contributed by atoms with Gasteiger partial charge >= 0.3 is 5.97 Å². The molecule has 0 aromatic heterocycles. The lowest BCUT2D eigenvalue weighted by Gasteiger charge is -2.09. The van der Waals surface area contributed by atoms with E-state index in [1.807, 2.05) is 0 Å². The van der Waals surface area contributed by atoms with Crippen LogP contribution in [0.25, 0.3) is 0 Å². The van der Waals surface area contributed by atoms with Crippen LogP contribution in [0.1, 0.15) is 17.3 Å². The van der Waals surface area contributed by atoms with Gasteiger partial charge in [-0.3, -0.25) is 4.79 Å². The SMILES string of the molecule is CCNS(=O)(=O)c1cccc(C(=O)Nc2ccc(OCC(=O)OC)cc2)c1. The average molecular weight is 392 g/mol. The van der Waals surface area contributed by atoms with Gasteiger partial charge in [0.2, 0.25) is 10.0 Å². The highest BCUT2D eigenvalue weighted by Gasteiger charge is 2.15. The Bertz CT molecular complexity index is 910. The van der Waals surface area contributed by atoms with Gasteiger partial charge in [-0.25, -0.2) is 17.9 Å². The molecule has 2 aromatic rings. The quantitative estimate of drug-likeness (QED) is 0.663. The fourth-order valence-corrected chi connectivity index (χ4v) is 3.20. The summed E-state index contributed by atoms with van der Waals surface area (Å²) in [5.41, 5.74) is 0.699. The normalized spacial score (nSPS) is 10.9. The lowest BCUT2D eigenvalue weighted by atomic mass is 10.2. The van der Waals surface area contributed by atoms with Gasteiger partial charge in [-0.15, -0.1) is 0 Å². The molecule has 0 aliphatic carbocycles. The molecule has 0 bridgehead atoms. The lowest BCUT2D eigenvalue weighted by molar-refractivity contribution is -0.142. The molecular weight excluding hydrogens is 372 g/mol. The Balaban J connectivity index is 2.06. The van der Waals surface area contributed by atoms with Gasteiger partial charge in [0.05, 0.1) is 12.0 Å². The molecule has 0 radical (unpaired) electrons. The van der Waals surface area contributed by atoms with Gasteiger partial charge in [-0.2, -0.15) is 0 Å². The second-order valence-corrected chi connectivity index (χ2v) is 7.14. The smallest absolute Gasteiger partial charge is 0.343 e. The molecule has 27 heavy (non-hydrogen) atoms. The van der Waals surface area contributed by atoms with E-state index in [1.165, 1.54) is 31.4 Å². The largest absolute Gasteiger partial charge is 0.482 e. The maximum absolute atomic E-state index is 12.4. The number of ether oxygens (including phenoxy) is 2. The molecule has 0 atom stereocenters. The molecule has 0 saturated carbocycles. The van der Waals surface area contributed by atoms with Crippen LogP contribution in [0.2, 0.25) is 0 Å². The van der Waals surface area contributed by atoms with Crippen molar-refractivity contribution in [3.63, 3.8) is 0 Å². The van der Waals surface area contributed by atoms with E-state index >= 15 is 0 Å². The van der Waals surface area contributed by atoms with Crippen molar-refractivity contribution in [1.82, 2.24) is 4.72 Å². The van der Waals surface area contributed by atoms with Crippen molar-refractivity contribution in [1.29, 1.82) is 0 Å². The molecule has 8 nitrogen and oxygen atoms in total. The van der Waals surface area contributed by atoms with Gasteiger partial charge in [-0.05, 0) is 42.5 Å². The summed E-state index contributed by atoms with van der Waals surface area (Å²) < 4.78 is 36.2. The summed E-state index contributed by atoms with van der Waals surface area (Å²) in [5.74, 6) is -0.510. The van der Waals surface area contributed by atoms with Gasteiger partial charge in [-0.1, -0.05) is 13.0 Å². The summed E-state index contributed by atoms with van der Waals surface area (Å²) in [6.45, 7) is 1.71.